The SMILES string of the molecule is CC(C)COc1c2c[c]([Sn]([CH3])([CH3])[CH3])sc2c(OCC(C)C)c2c[c]([Sn]([CH3])([CH3])[CH3])sc12. The van der Waals surface area contributed by atoms with E-state index in [-0.39, 0.29) is 0 Å². The summed E-state index contributed by atoms with van der Waals surface area (Å²) in [5.74, 6) is 3.23. The molecule has 0 fully saturated rings. The van der Waals surface area contributed by atoms with Gasteiger partial charge in [-0.15, -0.1) is 0 Å². The Balaban J connectivity index is 2.36. The molecule has 0 atom stereocenters. The standard InChI is InChI=1S/C18H20O2S2.6CH3.2Sn/c1-11(2)9-19-15-13-5-7-22-18(13)16(20-10-12(3)4)14-6-8-21-17(14)15;;;;;;;;/h5-6,11-12H,9-10H2,1-4H3;6*1H3;;. The normalized spacial score (nSPS) is 13.2. The molecule has 0 unspecified atom stereocenters. The molecule has 2 aromatic heterocycles. The van der Waals surface area contributed by atoms with Crippen molar-refractivity contribution in [1.82, 2.24) is 0 Å². The Morgan fingerprint density at radius 2 is 1.00 bits per heavy atom. The van der Waals surface area contributed by atoms with E-state index in [1.165, 1.54) is 20.2 Å². The predicted molar refractivity (Wildman–Crippen MR) is 144 cm³/mol. The molecule has 0 spiro atoms. The molecule has 3 rings (SSSR count). The van der Waals surface area contributed by atoms with Gasteiger partial charge in [-0.2, -0.15) is 0 Å². The van der Waals surface area contributed by atoms with Crippen LogP contribution in [0.25, 0.3) is 20.2 Å². The summed E-state index contributed by atoms with van der Waals surface area (Å²) in [5.41, 5.74) is 0. The summed E-state index contributed by atoms with van der Waals surface area (Å²) in [6.45, 7) is 10.4. The van der Waals surface area contributed by atoms with Crippen molar-refractivity contribution in [3.63, 3.8) is 0 Å². The van der Waals surface area contributed by atoms with Crippen LogP contribution in [0.3, 0.4) is 0 Å². The summed E-state index contributed by atoms with van der Waals surface area (Å²) in [6.07, 6.45) is 0. The molecule has 0 aliphatic carbocycles. The quantitative estimate of drug-likeness (QED) is 0.237. The van der Waals surface area contributed by atoms with E-state index in [2.05, 4.69) is 69.5 Å². The first-order chi connectivity index (χ1) is 13.8. The van der Waals surface area contributed by atoms with Gasteiger partial charge in [-0.3, -0.25) is 0 Å². The maximum atomic E-state index is 6.53. The molecular weight excluding hydrogens is 622 g/mol. The van der Waals surface area contributed by atoms with Crippen molar-refractivity contribution in [3.05, 3.63) is 12.1 Å². The second-order valence-electron chi connectivity index (χ2n) is 11.3. The van der Waals surface area contributed by atoms with Crippen LogP contribution in [-0.2, 0) is 0 Å². The van der Waals surface area contributed by atoms with Crippen molar-refractivity contribution in [3.8, 4) is 11.5 Å². The predicted octanol–water partition coefficient (Wildman–Crippen LogP) is 7.28. The van der Waals surface area contributed by atoms with Gasteiger partial charge in [-0.1, -0.05) is 0 Å². The van der Waals surface area contributed by atoms with Crippen LogP contribution in [-0.4, -0.2) is 50.0 Å². The molecule has 0 saturated carbocycles. The maximum absolute atomic E-state index is 6.53. The second kappa shape index (κ2) is 9.30. The van der Waals surface area contributed by atoms with Crippen molar-refractivity contribution in [1.29, 1.82) is 0 Å². The van der Waals surface area contributed by atoms with E-state index < -0.39 is 36.8 Å². The fraction of sp³-hybridized carbons (Fsp3) is 0.583. The van der Waals surface area contributed by atoms with E-state index in [1.807, 2.05) is 22.7 Å². The van der Waals surface area contributed by atoms with Crippen molar-refractivity contribution in [2.75, 3.05) is 13.2 Å². The molecule has 1 aromatic carbocycles. The Hall–Kier alpha value is 0.337. The number of thiophene rings is 2. The van der Waals surface area contributed by atoms with Gasteiger partial charge >= 0.3 is 201 Å². The van der Waals surface area contributed by atoms with E-state index in [0.29, 0.717) is 11.8 Å². The molecule has 166 valence electrons. The van der Waals surface area contributed by atoms with Gasteiger partial charge < -0.3 is 0 Å². The van der Waals surface area contributed by atoms with Crippen molar-refractivity contribution in [2.24, 2.45) is 11.8 Å². The van der Waals surface area contributed by atoms with Gasteiger partial charge in [0.2, 0.25) is 0 Å². The zero-order valence-electron chi connectivity index (χ0n) is 20.4. The molecule has 0 N–H and O–H groups in total. The molecule has 6 heteroatoms. The summed E-state index contributed by atoms with van der Waals surface area (Å²) in [6, 6.07) is 4.90. The molecule has 3 aromatic rings. The number of hydrogen-bond donors (Lipinski definition) is 0. The van der Waals surface area contributed by atoms with Crippen LogP contribution in [0, 0.1) is 11.8 Å². The summed E-state index contributed by atoms with van der Waals surface area (Å²) in [7, 11) is 0. The minimum atomic E-state index is -2.21. The molecule has 0 saturated heterocycles. The van der Waals surface area contributed by atoms with E-state index >= 15 is 0 Å². The van der Waals surface area contributed by atoms with Crippen LogP contribution in [0.1, 0.15) is 27.7 Å². The van der Waals surface area contributed by atoms with E-state index in [4.69, 9.17) is 9.47 Å². The monoisotopic (exact) mass is 662 g/mol. The number of hydrogen-bond acceptors (Lipinski definition) is 4. The molecule has 2 heterocycles. The summed E-state index contributed by atoms with van der Waals surface area (Å²) < 4.78 is 18.9. The topological polar surface area (TPSA) is 18.5 Å². The Labute approximate surface area is 199 Å². The second-order valence-corrected chi connectivity index (χ2v) is 44.2. The first-order valence-corrected chi connectivity index (χ1v) is 32.7. The Morgan fingerprint density at radius 3 is 1.27 bits per heavy atom. The summed E-state index contributed by atoms with van der Waals surface area (Å²) in [4.78, 5) is 15.0. The van der Waals surface area contributed by atoms with Gasteiger partial charge in [0.15, 0.2) is 0 Å². The number of ether oxygens (including phenoxy) is 2. The van der Waals surface area contributed by atoms with Gasteiger partial charge in [-0.25, -0.2) is 0 Å². The van der Waals surface area contributed by atoms with E-state index in [1.54, 1.807) is 5.79 Å². The Morgan fingerprint density at radius 1 is 0.667 bits per heavy atom. The van der Waals surface area contributed by atoms with Crippen molar-refractivity contribution < 1.29 is 9.47 Å². The van der Waals surface area contributed by atoms with Crippen LogP contribution in [0.4, 0.5) is 0 Å². The molecule has 0 aliphatic heterocycles. The third kappa shape index (κ3) is 5.45. The molecule has 30 heavy (non-hydrogen) atoms. The number of benzene rings is 1. The molecular formula is C24H38O2S2Sn2. The van der Waals surface area contributed by atoms with E-state index in [0.717, 1.165) is 24.7 Å². The number of rotatable bonds is 8. The van der Waals surface area contributed by atoms with Crippen molar-refractivity contribution in [2.45, 2.75) is 57.3 Å². The van der Waals surface area contributed by atoms with Gasteiger partial charge in [0.05, 0.1) is 0 Å². The average Bonchev–Trinajstić information content (AvgIpc) is 3.21. The zero-order chi connectivity index (χ0) is 22.4. The van der Waals surface area contributed by atoms with Gasteiger partial charge in [0.1, 0.15) is 0 Å². The van der Waals surface area contributed by atoms with Crippen molar-refractivity contribution >= 4 is 85.4 Å². The van der Waals surface area contributed by atoms with Crippen LogP contribution in [0.15, 0.2) is 12.1 Å². The molecule has 0 aliphatic rings. The third-order valence-corrected chi connectivity index (χ3v) is 26.1. The average molecular weight is 660 g/mol. The first-order valence-electron chi connectivity index (χ1n) is 11.1. The van der Waals surface area contributed by atoms with Gasteiger partial charge in [-0.05, 0) is 0 Å². The molecule has 0 amide bonds. The molecule has 2 nitrogen and oxygen atoms in total. The minimum absolute atomic E-state index is 0.507. The number of fused-ring (bicyclic) bond motifs is 2. The summed E-state index contributed by atoms with van der Waals surface area (Å²) >= 11 is -0.477. The van der Waals surface area contributed by atoms with Crippen LogP contribution in [0.5, 0.6) is 11.5 Å². The van der Waals surface area contributed by atoms with Crippen LogP contribution in [0.2, 0.25) is 29.6 Å². The van der Waals surface area contributed by atoms with Crippen LogP contribution < -0.4 is 15.3 Å². The van der Waals surface area contributed by atoms with Gasteiger partial charge in [0, 0.05) is 0 Å². The fourth-order valence-electron chi connectivity index (χ4n) is 3.23. The zero-order valence-corrected chi connectivity index (χ0v) is 27.7. The van der Waals surface area contributed by atoms with Crippen LogP contribution >= 0.6 is 22.7 Å². The first kappa shape index (κ1) is 25.0. The fourth-order valence-corrected chi connectivity index (χ4v) is 16.0. The Kier molecular flexibility index (Phi) is 7.74. The van der Waals surface area contributed by atoms with E-state index in [9.17, 15) is 0 Å². The van der Waals surface area contributed by atoms with Gasteiger partial charge in [0.25, 0.3) is 0 Å². The third-order valence-electron chi connectivity index (χ3n) is 4.97. The molecule has 0 bridgehead atoms. The Bertz CT molecular complexity index is 897. The summed E-state index contributed by atoms with van der Waals surface area (Å²) in [5, 5.41) is 2.57. The molecule has 0 radical (unpaired) electrons.